The van der Waals surface area contributed by atoms with Gasteiger partial charge in [0.2, 0.25) is 0 Å². The predicted octanol–water partition coefficient (Wildman–Crippen LogP) is 2.91. The molecule has 0 amide bonds. The summed E-state index contributed by atoms with van der Waals surface area (Å²) < 4.78 is 0. The van der Waals surface area contributed by atoms with Gasteiger partial charge in [-0.15, -0.1) is 0 Å². The van der Waals surface area contributed by atoms with Crippen molar-refractivity contribution < 1.29 is 9.90 Å². The van der Waals surface area contributed by atoms with E-state index in [9.17, 15) is 9.90 Å². The van der Waals surface area contributed by atoms with E-state index in [-0.39, 0.29) is 5.56 Å². The highest BCUT2D eigenvalue weighted by molar-refractivity contribution is 5.89. The third kappa shape index (κ3) is 3.33. The molecule has 1 fully saturated rings. The lowest BCUT2D eigenvalue weighted by atomic mass is 10.1. The zero-order valence-corrected chi connectivity index (χ0v) is 12.2. The summed E-state index contributed by atoms with van der Waals surface area (Å²) in [7, 11) is 0. The summed E-state index contributed by atoms with van der Waals surface area (Å²) in [6, 6.07) is 6.86. The first kappa shape index (κ1) is 14.3. The van der Waals surface area contributed by atoms with Crippen LogP contribution in [0.3, 0.4) is 0 Å². The van der Waals surface area contributed by atoms with Crippen LogP contribution in [0.2, 0.25) is 0 Å². The Morgan fingerprint density at radius 2 is 2.05 bits per heavy atom. The minimum atomic E-state index is -0.949. The van der Waals surface area contributed by atoms with Gasteiger partial charge in [-0.25, -0.2) is 9.78 Å². The van der Waals surface area contributed by atoms with E-state index in [2.05, 4.69) is 20.2 Å². The highest BCUT2D eigenvalue weighted by Gasteiger charge is 2.16. The molecule has 1 aliphatic rings. The second kappa shape index (κ2) is 6.43. The van der Waals surface area contributed by atoms with Crippen molar-refractivity contribution in [3.8, 4) is 0 Å². The summed E-state index contributed by atoms with van der Waals surface area (Å²) in [6.45, 7) is 1.84. The van der Waals surface area contributed by atoms with Crippen molar-refractivity contribution in [1.29, 1.82) is 0 Å². The molecule has 0 aromatic carbocycles. The summed E-state index contributed by atoms with van der Waals surface area (Å²) in [4.78, 5) is 22.1. The molecule has 2 aromatic rings. The van der Waals surface area contributed by atoms with Gasteiger partial charge in [-0.3, -0.25) is 4.98 Å². The minimum Gasteiger partial charge on any atom is -0.478 e. The normalized spacial score (nSPS) is 14.6. The fraction of sp³-hybridized carbons (Fsp3) is 0.312. The van der Waals surface area contributed by atoms with Gasteiger partial charge in [0.15, 0.2) is 0 Å². The topological polar surface area (TPSA) is 78.3 Å². The van der Waals surface area contributed by atoms with Crippen molar-refractivity contribution in [3.63, 3.8) is 0 Å². The van der Waals surface area contributed by atoms with Gasteiger partial charge in [-0.2, -0.15) is 0 Å². The highest BCUT2D eigenvalue weighted by atomic mass is 16.4. The third-order valence-electron chi connectivity index (χ3n) is 3.67. The molecule has 6 nitrogen and oxygen atoms in total. The standard InChI is InChI=1S/C16H18N4O2/c21-16(22)12-9-14(18-13-5-4-6-17-11-13)19-15(10-12)20-7-2-1-3-8-20/h4-6,9-11H,1-3,7-8H2,(H,18,19)(H,21,22). The first-order valence-corrected chi connectivity index (χ1v) is 7.40. The summed E-state index contributed by atoms with van der Waals surface area (Å²) in [5.74, 6) is 0.286. The Labute approximate surface area is 128 Å². The van der Waals surface area contributed by atoms with Crippen LogP contribution in [0.15, 0.2) is 36.7 Å². The Morgan fingerprint density at radius 3 is 2.73 bits per heavy atom. The van der Waals surface area contributed by atoms with Crippen LogP contribution in [-0.2, 0) is 0 Å². The van der Waals surface area contributed by atoms with Gasteiger partial charge < -0.3 is 15.3 Å². The van der Waals surface area contributed by atoms with Crippen LogP contribution >= 0.6 is 0 Å². The van der Waals surface area contributed by atoms with Crippen LogP contribution in [-0.4, -0.2) is 34.1 Å². The molecular formula is C16H18N4O2. The molecular weight excluding hydrogens is 280 g/mol. The van der Waals surface area contributed by atoms with Crippen molar-refractivity contribution in [2.24, 2.45) is 0 Å². The number of piperidine rings is 1. The number of rotatable bonds is 4. The number of aromatic carboxylic acids is 1. The maximum atomic E-state index is 11.4. The van der Waals surface area contributed by atoms with Crippen molar-refractivity contribution in [2.75, 3.05) is 23.3 Å². The molecule has 0 aliphatic carbocycles. The van der Waals surface area contributed by atoms with E-state index in [0.717, 1.165) is 31.6 Å². The molecule has 22 heavy (non-hydrogen) atoms. The number of pyridine rings is 2. The fourth-order valence-electron chi connectivity index (χ4n) is 2.57. The van der Waals surface area contributed by atoms with Gasteiger partial charge in [0.1, 0.15) is 11.6 Å². The first-order valence-electron chi connectivity index (χ1n) is 7.40. The predicted molar refractivity (Wildman–Crippen MR) is 84.8 cm³/mol. The van der Waals surface area contributed by atoms with Crippen LogP contribution < -0.4 is 10.2 Å². The zero-order chi connectivity index (χ0) is 15.4. The second-order valence-corrected chi connectivity index (χ2v) is 5.32. The van der Waals surface area contributed by atoms with E-state index in [1.165, 1.54) is 6.42 Å². The van der Waals surface area contributed by atoms with E-state index < -0.39 is 5.97 Å². The molecule has 0 spiro atoms. The monoisotopic (exact) mass is 298 g/mol. The summed E-state index contributed by atoms with van der Waals surface area (Å²) in [5.41, 5.74) is 1.02. The summed E-state index contributed by atoms with van der Waals surface area (Å²) in [6.07, 6.45) is 6.81. The number of nitrogens with one attached hydrogen (secondary N) is 1. The van der Waals surface area contributed by atoms with E-state index >= 15 is 0 Å². The van der Waals surface area contributed by atoms with Crippen LogP contribution in [0.25, 0.3) is 0 Å². The zero-order valence-electron chi connectivity index (χ0n) is 12.2. The quantitative estimate of drug-likeness (QED) is 0.903. The van der Waals surface area contributed by atoms with Crippen LogP contribution in [0.5, 0.6) is 0 Å². The molecule has 2 N–H and O–H groups in total. The molecule has 0 radical (unpaired) electrons. The number of carboxylic acids is 1. The molecule has 1 saturated heterocycles. The van der Waals surface area contributed by atoms with Crippen molar-refractivity contribution in [3.05, 3.63) is 42.2 Å². The minimum absolute atomic E-state index is 0.238. The van der Waals surface area contributed by atoms with Gasteiger partial charge in [0.05, 0.1) is 17.4 Å². The van der Waals surface area contributed by atoms with Crippen molar-refractivity contribution >= 4 is 23.3 Å². The fourth-order valence-corrected chi connectivity index (χ4v) is 2.57. The maximum Gasteiger partial charge on any atom is 0.335 e. The summed E-state index contributed by atoms with van der Waals surface area (Å²) >= 11 is 0. The van der Waals surface area contributed by atoms with Gasteiger partial charge in [0.25, 0.3) is 0 Å². The smallest absolute Gasteiger partial charge is 0.335 e. The lowest BCUT2D eigenvalue weighted by Gasteiger charge is -2.28. The molecule has 3 heterocycles. The first-order chi connectivity index (χ1) is 10.7. The molecule has 6 heteroatoms. The lowest BCUT2D eigenvalue weighted by Crippen LogP contribution is -2.30. The van der Waals surface area contributed by atoms with Gasteiger partial charge in [0, 0.05) is 19.3 Å². The number of anilines is 3. The van der Waals surface area contributed by atoms with Crippen molar-refractivity contribution in [1.82, 2.24) is 9.97 Å². The Balaban J connectivity index is 1.91. The number of hydrogen-bond donors (Lipinski definition) is 2. The van der Waals surface area contributed by atoms with Gasteiger partial charge >= 0.3 is 5.97 Å². The SMILES string of the molecule is O=C(O)c1cc(Nc2cccnc2)nc(N2CCCCC2)c1. The van der Waals surface area contributed by atoms with E-state index in [1.54, 1.807) is 24.5 Å². The van der Waals surface area contributed by atoms with E-state index in [0.29, 0.717) is 11.6 Å². The number of hydrogen-bond acceptors (Lipinski definition) is 5. The number of aromatic nitrogens is 2. The molecule has 114 valence electrons. The van der Waals surface area contributed by atoms with Gasteiger partial charge in [-0.1, -0.05) is 0 Å². The molecule has 0 atom stereocenters. The number of carbonyl (C=O) groups is 1. The van der Waals surface area contributed by atoms with Crippen LogP contribution in [0.1, 0.15) is 29.6 Å². The van der Waals surface area contributed by atoms with Crippen molar-refractivity contribution in [2.45, 2.75) is 19.3 Å². The Bertz CT molecular complexity index is 654. The molecule has 0 saturated carbocycles. The van der Waals surface area contributed by atoms with Crippen LogP contribution in [0, 0.1) is 0 Å². The third-order valence-corrected chi connectivity index (χ3v) is 3.67. The average molecular weight is 298 g/mol. The van der Waals surface area contributed by atoms with E-state index in [1.807, 2.05) is 12.1 Å². The average Bonchev–Trinajstić information content (AvgIpc) is 2.56. The largest absolute Gasteiger partial charge is 0.478 e. The lowest BCUT2D eigenvalue weighted by molar-refractivity contribution is 0.0697. The molecule has 0 bridgehead atoms. The molecule has 1 aliphatic heterocycles. The van der Waals surface area contributed by atoms with E-state index in [4.69, 9.17) is 0 Å². The molecule has 2 aromatic heterocycles. The number of carboxylic acid groups (broad SMARTS) is 1. The maximum absolute atomic E-state index is 11.4. The summed E-state index contributed by atoms with van der Waals surface area (Å²) in [5, 5.41) is 12.4. The molecule has 3 rings (SSSR count). The Morgan fingerprint density at radius 1 is 1.23 bits per heavy atom. The second-order valence-electron chi connectivity index (χ2n) is 5.32. The Kier molecular flexibility index (Phi) is 4.18. The Hall–Kier alpha value is -2.63. The highest BCUT2D eigenvalue weighted by Crippen LogP contribution is 2.23. The molecule has 0 unspecified atom stereocenters. The van der Waals surface area contributed by atoms with Crippen LogP contribution in [0.4, 0.5) is 17.3 Å². The number of nitrogens with zero attached hydrogens (tertiary/aromatic N) is 3. The van der Waals surface area contributed by atoms with Gasteiger partial charge in [-0.05, 0) is 43.5 Å².